The van der Waals surface area contributed by atoms with Gasteiger partial charge in [-0.05, 0) is 12.1 Å². The van der Waals surface area contributed by atoms with Crippen molar-refractivity contribution in [3.63, 3.8) is 0 Å². The molecule has 8 heteroatoms. The second-order valence-electron chi connectivity index (χ2n) is 3.22. The molecule has 1 N–H and O–H groups in total. The van der Waals surface area contributed by atoms with E-state index in [1.165, 1.54) is 12.5 Å². The van der Waals surface area contributed by atoms with Gasteiger partial charge in [0.2, 0.25) is 0 Å². The van der Waals surface area contributed by atoms with Crippen molar-refractivity contribution in [2.45, 2.75) is 6.18 Å². The first kappa shape index (κ1) is 12.1. The molecule has 0 aliphatic carbocycles. The molecule has 0 aliphatic rings. The fraction of sp³-hybridized carbons (Fsp3) is 0.100. The largest absolute Gasteiger partial charge is 0.433 e. The van der Waals surface area contributed by atoms with Crippen molar-refractivity contribution in [2.24, 2.45) is 0 Å². The van der Waals surface area contributed by atoms with Gasteiger partial charge in [-0.3, -0.25) is 15.1 Å². The van der Waals surface area contributed by atoms with E-state index < -0.39 is 17.8 Å². The van der Waals surface area contributed by atoms with Gasteiger partial charge in [0.1, 0.15) is 12.0 Å². The average Bonchev–Trinajstić information content (AvgIpc) is 2.81. The topological polar surface area (TPSA) is 68.0 Å². The second kappa shape index (κ2) is 4.47. The minimum Gasteiger partial charge on any atom is -0.432 e. The molecule has 0 aliphatic heterocycles. The van der Waals surface area contributed by atoms with Crippen molar-refractivity contribution in [3.8, 4) is 0 Å². The van der Waals surface area contributed by atoms with Gasteiger partial charge in [0.15, 0.2) is 0 Å². The number of nitrogens with zero attached hydrogens (tertiary/aromatic N) is 2. The number of anilines is 1. The Morgan fingerprint density at radius 1 is 1.28 bits per heavy atom. The third kappa shape index (κ3) is 2.65. The van der Waals surface area contributed by atoms with Crippen LogP contribution in [0.4, 0.5) is 19.2 Å². The smallest absolute Gasteiger partial charge is 0.432 e. The molecule has 0 aromatic carbocycles. The summed E-state index contributed by atoms with van der Waals surface area (Å²) in [5.41, 5.74) is -1.32. The van der Waals surface area contributed by atoms with E-state index in [2.05, 4.69) is 15.3 Å². The number of aromatic nitrogens is 2. The van der Waals surface area contributed by atoms with E-state index in [1.54, 1.807) is 0 Å². The molecule has 5 nitrogen and oxygen atoms in total. The Bertz CT molecular complexity index is 552. The Morgan fingerprint density at radius 2 is 2.06 bits per heavy atom. The molecule has 2 aromatic heterocycles. The molecule has 0 unspecified atom stereocenters. The molecule has 2 rings (SSSR count). The monoisotopic (exact) mass is 257 g/mol. The molecular formula is C10H6F3N3O2. The number of nitrogens with one attached hydrogen (secondary N) is 1. The number of alkyl halides is 3. The second-order valence-corrected chi connectivity index (χ2v) is 3.22. The van der Waals surface area contributed by atoms with Crippen molar-refractivity contribution in [3.05, 3.63) is 42.0 Å². The summed E-state index contributed by atoms with van der Waals surface area (Å²) in [7, 11) is 0. The molecule has 0 fully saturated rings. The average molecular weight is 257 g/mol. The molecule has 2 heterocycles. The lowest BCUT2D eigenvalue weighted by Gasteiger charge is -2.06. The highest BCUT2D eigenvalue weighted by Crippen LogP contribution is 2.27. The molecule has 0 saturated heterocycles. The quantitative estimate of drug-likeness (QED) is 0.896. The summed E-state index contributed by atoms with van der Waals surface area (Å²) in [5.74, 6) is -0.759. The Morgan fingerprint density at radius 3 is 2.67 bits per heavy atom. The van der Waals surface area contributed by atoms with E-state index in [4.69, 9.17) is 4.42 Å². The molecule has 2 aromatic rings. The van der Waals surface area contributed by atoms with Gasteiger partial charge >= 0.3 is 12.2 Å². The van der Waals surface area contributed by atoms with Gasteiger partial charge in [0.25, 0.3) is 5.91 Å². The van der Waals surface area contributed by atoms with E-state index in [-0.39, 0.29) is 11.6 Å². The standard InChI is InChI=1S/C10H6F3N3O2/c11-10(12,13)7-5-6(1-2-14-7)8(17)16-9-15-3-4-18-9/h1-5H,(H,15,16,17). The van der Waals surface area contributed by atoms with E-state index in [1.807, 2.05) is 0 Å². The third-order valence-corrected chi connectivity index (χ3v) is 1.97. The molecular weight excluding hydrogens is 251 g/mol. The van der Waals surface area contributed by atoms with E-state index >= 15 is 0 Å². The number of hydrogen-bond donors (Lipinski definition) is 1. The highest BCUT2D eigenvalue weighted by atomic mass is 19.4. The zero-order chi connectivity index (χ0) is 13.2. The van der Waals surface area contributed by atoms with Gasteiger partial charge in [-0.1, -0.05) is 0 Å². The Labute approximate surface area is 98.7 Å². The van der Waals surface area contributed by atoms with Crippen molar-refractivity contribution in [1.82, 2.24) is 9.97 Å². The summed E-state index contributed by atoms with van der Waals surface area (Å²) >= 11 is 0. The van der Waals surface area contributed by atoms with Gasteiger partial charge in [-0.25, -0.2) is 4.98 Å². The number of oxazole rings is 1. The van der Waals surface area contributed by atoms with Crippen LogP contribution in [-0.2, 0) is 6.18 Å². The van der Waals surface area contributed by atoms with Gasteiger partial charge in [0, 0.05) is 11.8 Å². The number of amides is 1. The fourth-order valence-corrected chi connectivity index (χ4v) is 1.18. The molecule has 0 saturated carbocycles. The van der Waals surface area contributed by atoms with Crippen molar-refractivity contribution in [2.75, 3.05) is 5.32 Å². The summed E-state index contributed by atoms with van der Waals surface area (Å²) in [6.07, 6.45) is -1.17. The van der Waals surface area contributed by atoms with Crippen LogP contribution in [0.1, 0.15) is 16.1 Å². The Hall–Kier alpha value is -2.38. The maximum absolute atomic E-state index is 12.4. The lowest BCUT2D eigenvalue weighted by atomic mass is 10.2. The molecule has 1 amide bonds. The van der Waals surface area contributed by atoms with Crippen LogP contribution in [0.15, 0.2) is 35.2 Å². The van der Waals surface area contributed by atoms with Crippen LogP contribution in [0.2, 0.25) is 0 Å². The molecule has 0 bridgehead atoms. The first-order chi connectivity index (χ1) is 8.47. The van der Waals surface area contributed by atoms with Crippen LogP contribution < -0.4 is 5.32 Å². The van der Waals surface area contributed by atoms with Crippen molar-refractivity contribution in [1.29, 1.82) is 0 Å². The van der Waals surface area contributed by atoms with Gasteiger partial charge < -0.3 is 4.42 Å². The van der Waals surface area contributed by atoms with E-state index in [0.29, 0.717) is 6.07 Å². The summed E-state index contributed by atoms with van der Waals surface area (Å²) in [5, 5.41) is 2.21. The van der Waals surface area contributed by atoms with Crippen LogP contribution in [0.3, 0.4) is 0 Å². The number of carbonyl (C=O) groups excluding carboxylic acids is 1. The first-order valence-corrected chi connectivity index (χ1v) is 4.71. The van der Waals surface area contributed by atoms with E-state index in [0.717, 1.165) is 12.3 Å². The summed E-state index contributed by atoms with van der Waals surface area (Å²) in [6.45, 7) is 0. The maximum Gasteiger partial charge on any atom is 0.433 e. The normalized spacial score (nSPS) is 11.3. The summed E-state index contributed by atoms with van der Waals surface area (Å²) in [6, 6.07) is 1.72. The molecule has 0 radical (unpaired) electrons. The zero-order valence-electron chi connectivity index (χ0n) is 8.73. The van der Waals surface area contributed by atoms with E-state index in [9.17, 15) is 18.0 Å². The number of hydrogen-bond acceptors (Lipinski definition) is 4. The minimum absolute atomic E-state index is 0.0922. The highest BCUT2D eigenvalue weighted by Gasteiger charge is 2.32. The number of carbonyl (C=O) groups is 1. The zero-order valence-corrected chi connectivity index (χ0v) is 8.73. The van der Waals surface area contributed by atoms with Crippen LogP contribution in [-0.4, -0.2) is 15.9 Å². The van der Waals surface area contributed by atoms with Crippen LogP contribution in [0.5, 0.6) is 0 Å². The summed E-state index contributed by atoms with van der Waals surface area (Å²) < 4.78 is 41.9. The lowest BCUT2D eigenvalue weighted by molar-refractivity contribution is -0.141. The molecule has 0 spiro atoms. The minimum atomic E-state index is -4.60. The third-order valence-electron chi connectivity index (χ3n) is 1.97. The SMILES string of the molecule is O=C(Nc1ncco1)c1ccnc(C(F)(F)F)c1. The molecule has 0 atom stereocenters. The van der Waals surface area contributed by atoms with Crippen LogP contribution in [0.25, 0.3) is 0 Å². The van der Waals surface area contributed by atoms with Crippen LogP contribution in [0, 0.1) is 0 Å². The summed E-state index contributed by atoms with van der Waals surface area (Å²) in [4.78, 5) is 18.3. The highest BCUT2D eigenvalue weighted by molar-refractivity contribution is 6.03. The number of rotatable bonds is 2. The maximum atomic E-state index is 12.4. The molecule has 18 heavy (non-hydrogen) atoms. The lowest BCUT2D eigenvalue weighted by Crippen LogP contribution is -2.15. The van der Waals surface area contributed by atoms with Crippen LogP contribution >= 0.6 is 0 Å². The van der Waals surface area contributed by atoms with Gasteiger partial charge in [-0.2, -0.15) is 13.2 Å². The van der Waals surface area contributed by atoms with Gasteiger partial charge in [0.05, 0.1) is 6.20 Å². The first-order valence-electron chi connectivity index (χ1n) is 4.71. The molecule has 94 valence electrons. The van der Waals surface area contributed by atoms with Crippen molar-refractivity contribution >= 4 is 11.9 Å². The van der Waals surface area contributed by atoms with Gasteiger partial charge in [-0.15, -0.1) is 0 Å². The number of halogens is 3. The Balaban J connectivity index is 2.21. The predicted molar refractivity (Wildman–Crippen MR) is 53.7 cm³/mol. The van der Waals surface area contributed by atoms with Crippen molar-refractivity contribution < 1.29 is 22.4 Å². The fourth-order valence-electron chi connectivity index (χ4n) is 1.18. The Kier molecular flexibility index (Phi) is 3.00. The predicted octanol–water partition coefficient (Wildman–Crippen LogP) is 2.34. The number of pyridine rings is 1.